The van der Waals surface area contributed by atoms with E-state index in [-0.39, 0.29) is 5.56 Å². The average molecular weight is 218 g/mol. The van der Waals surface area contributed by atoms with Crippen molar-refractivity contribution < 1.29 is 0 Å². The van der Waals surface area contributed by atoms with Crippen LogP contribution in [0.3, 0.4) is 0 Å². The molecule has 0 aliphatic heterocycles. The first-order valence-electron chi connectivity index (χ1n) is 4.88. The molecular formula is C12H14N2O2. The molecule has 84 valence electrons. The molecule has 0 aliphatic rings. The Hall–Kier alpha value is -2.10. The van der Waals surface area contributed by atoms with Crippen molar-refractivity contribution in [3.63, 3.8) is 0 Å². The zero-order valence-corrected chi connectivity index (χ0v) is 9.14. The molecule has 1 aromatic rings. The number of H-pyrrole nitrogens is 1. The molecule has 0 saturated carbocycles. The van der Waals surface area contributed by atoms with Gasteiger partial charge in [-0.3, -0.25) is 14.3 Å². The molecule has 0 aliphatic carbocycles. The molecule has 0 unspecified atom stereocenters. The Morgan fingerprint density at radius 1 is 1.50 bits per heavy atom. The van der Waals surface area contributed by atoms with E-state index in [4.69, 9.17) is 0 Å². The number of rotatable bonds is 4. The fourth-order valence-electron chi connectivity index (χ4n) is 1.19. The SMILES string of the molecule is C=C/C=C\C=C(/C)Cn1ccc(=O)[nH]c1=O. The second kappa shape index (κ2) is 5.70. The van der Waals surface area contributed by atoms with Crippen molar-refractivity contribution in [1.82, 2.24) is 9.55 Å². The van der Waals surface area contributed by atoms with Gasteiger partial charge in [0.05, 0.1) is 0 Å². The van der Waals surface area contributed by atoms with Gasteiger partial charge in [-0.1, -0.05) is 36.5 Å². The highest BCUT2D eigenvalue weighted by molar-refractivity contribution is 5.14. The maximum absolute atomic E-state index is 11.4. The molecule has 1 N–H and O–H groups in total. The first-order chi connectivity index (χ1) is 7.63. The standard InChI is InChI=1S/C12H14N2O2/c1-3-4-5-6-10(2)9-14-8-7-11(15)13-12(14)16/h3-8H,1,9H2,2H3,(H,13,15,16)/b5-4-,10-6+. The molecule has 0 bridgehead atoms. The highest BCUT2D eigenvalue weighted by Crippen LogP contribution is 1.96. The monoisotopic (exact) mass is 218 g/mol. The summed E-state index contributed by atoms with van der Waals surface area (Å²) >= 11 is 0. The van der Waals surface area contributed by atoms with Crippen molar-refractivity contribution >= 4 is 0 Å². The molecule has 0 amide bonds. The Balaban J connectivity index is 2.85. The summed E-state index contributed by atoms with van der Waals surface area (Å²) in [4.78, 5) is 24.4. The molecule has 1 rings (SSSR count). The third-order valence-electron chi connectivity index (χ3n) is 1.94. The van der Waals surface area contributed by atoms with Crippen molar-refractivity contribution in [3.05, 3.63) is 69.6 Å². The lowest BCUT2D eigenvalue weighted by molar-refractivity contribution is 0.710. The number of aromatic nitrogens is 2. The number of nitrogens with zero attached hydrogens (tertiary/aromatic N) is 1. The highest BCUT2D eigenvalue weighted by Gasteiger charge is 1.96. The van der Waals surface area contributed by atoms with Crippen LogP contribution in [0.15, 0.2) is 58.3 Å². The quantitative estimate of drug-likeness (QED) is 0.773. The minimum Gasteiger partial charge on any atom is -0.297 e. The zero-order valence-electron chi connectivity index (χ0n) is 9.14. The second-order valence-electron chi connectivity index (χ2n) is 3.37. The van der Waals surface area contributed by atoms with Crippen LogP contribution in [0, 0.1) is 0 Å². The van der Waals surface area contributed by atoms with Gasteiger partial charge in [0.15, 0.2) is 0 Å². The molecule has 4 heteroatoms. The van der Waals surface area contributed by atoms with E-state index < -0.39 is 5.69 Å². The van der Waals surface area contributed by atoms with Crippen molar-refractivity contribution in [3.8, 4) is 0 Å². The average Bonchev–Trinajstić information content (AvgIpc) is 2.23. The smallest absolute Gasteiger partial charge is 0.297 e. The van der Waals surface area contributed by atoms with Crippen molar-refractivity contribution in [1.29, 1.82) is 0 Å². The Kier molecular flexibility index (Phi) is 4.27. The van der Waals surface area contributed by atoms with Gasteiger partial charge in [0.25, 0.3) is 5.56 Å². The van der Waals surface area contributed by atoms with Crippen molar-refractivity contribution in [2.45, 2.75) is 13.5 Å². The van der Waals surface area contributed by atoms with E-state index in [9.17, 15) is 9.59 Å². The molecule has 0 atom stereocenters. The van der Waals surface area contributed by atoms with E-state index in [2.05, 4.69) is 11.6 Å². The van der Waals surface area contributed by atoms with Crippen LogP contribution in [0.5, 0.6) is 0 Å². The molecule has 0 saturated heterocycles. The van der Waals surface area contributed by atoms with Crippen LogP contribution in [-0.2, 0) is 6.54 Å². The summed E-state index contributed by atoms with van der Waals surface area (Å²) in [5.41, 5.74) is 0.231. The second-order valence-corrected chi connectivity index (χ2v) is 3.37. The van der Waals surface area contributed by atoms with E-state index in [0.29, 0.717) is 6.54 Å². The number of hydrogen-bond acceptors (Lipinski definition) is 2. The van der Waals surface area contributed by atoms with Gasteiger partial charge in [0.1, 0.15) is 0 Å². The molecule has 0 fully saturated rings. The predicted octanol–water partition coefficient (Wildman–Crippen LogP) is 1.23. The lowest BCUT2D eigenvalue weighted by Gasteiger charge is -2.03. The van der Waals surface area contributed by atoms with Crippen LogP contribution >= 0.6 is 0 Å². The lowest BCUT2D eigenvalue weighted by atomic mass is 10.2. The van der Waals surface area contributed by atoms with Gasteiger partial charge in [-0.2, -0.15) is 0 Å². The van der Waals surface area contributed by atoms with Gasteiger partial charge in [-0.05, 0) is 6.92 Å². The molecule has 4 nitrogen and oxygen atoms in total. The van der Waals surface area contributed by atoms with E-state index in [1.54, 1.807) is 12.2 Å². The van der Waals surface area contributed by atoms with E-state index in [1.165, 1.54) is 16.8 Å². The Labute approximate surface area is 93.3 Å². The predicted molar refractivity (Wildman–Crippen MR) is 64.4 cm³/mol. The fourth-order valence-corrected chi connectivity index (χ4v) is 1.19. The summed E-state index contributed by atoms with van der Waals surface area (Å²) in [5, 5.41) is 0. The van der Waals surface area contributed by atoms with Crippen molar-refractivity contribution in [2.24, 2.45) is 0 Å². The van der Waals surface area contributed by atoms with Gasteiger partial charge >= 0.3 is 5.69 Å². The maximum atomic E-state index is 11.4. The van der Waals surface area contributed by atoms with Gasteiger partial charge in [-0.25, -0.2) is 4.79 Å². The van der Waals surface area contributed by atoms with Crippen LogP contribution in [0.1, 0.15) is 6.92 Å². The Bertz CT molecular complexity index is 532. The summed E-state index contributed by atoms with van der Waals surface area (Å²) in [6, 6.07) is 1.33. The molecule has 0 spiro atoms. The number of nitrogens with one attached hydrogen (secondary N) is 1. The topological polar surface area (TPSA) is 54.9 Å². The van der Waals surface area contributed by atoms with Gasteiger partial charge in [-0.15, -0.1) is 0 Å². The number of aromatic amines is 1. The summed E-state index contributed by atoms with van der Waals surface area (Å²) in [5.74, 6) is 0. The fraction of sp³-hybridized carbons (Fsp3) is 0.167. The lowest BCUT2D eigenvalue weighted by Crippen LogP contribution is -2.28. The summed E-state index contributed by atoms with van der Waals surface area (Å²) in [7, 11) is 0. The van der Waals surface area contributed by atoms with E-state index >= 15 is 0 Å². The minimum absolute atomic E-state index is 0.380. The molecule has 1 heterocycles. The van der Waals surface area contributed by atoms with Gasteiger partial charge in [0.2, 0.25) is 0 Å². The first-order valence-corrected chi connectivity index (χ1v) is 4.88. The summed E-state index contributed by atoms with van der Waals surface area (Å²) in [6.07, 6.45) is 8.70. The third kappa shape index (κ3) is 3.57. The van der Waals surface area contributed by atoms with Gasteiger partial charge in [0, 0.05) is 18.8 Å². The van der Waals surface area contributed by atoms with Crippen LogP contribution in [0.4, 0.5) is 0 Å². The zero-order chi connectivity index (χ0) is 12.0. The molecular weight excluding hydrogens is 204 g/mol. The van der Waals surface area contributed by atoms with Crippen LogP contribution < -0.4 is 11.2 Å². The van der Waals surface area contributed by atoms with Crippen LogP contribution in [0.2, 0.25) is 0 Å². The van der Waals surface area contributed by atoms with Crippen LogP contribution in [0.25, 0.3) is 0 Å². The summed E-state index contributed by atoms with van der Waals surface area (Å²) < 4.78 is 1.44. The first kappa shape index (κ1) is 12.0. The Morgan fingerprint density at radius 2 is 2.25 bits per heavy atom. The largest absolute Gasteiger partial charge is 0.328 e. The molecule has 1 aromatic heterocycles. The Morgan fingerprint density at radius 3 is 2.88 bits per heavy atom. The number of hydrogen-bond donors (Lipinski definition) is 1. The van der Waals surface area contributed by atoms with E-state index in [0.717, 1.165) is 5.57 Å². The van der Waals surface area contributed by atoms with Gasteiger partial charge < -0.3 is 0 Å². The highest BCUT2D eigenvalue weighted by atomic mass is 16.2. The van der Waals surface area contributed by atoms with Crippen molar-refractivity contribution in [2.75, 3.05) is 0 Å². The summed E-state index contributed by atoms with van der Waals surface area (Å²) in [6.45, 7) is 5.92. The molecule has 16 heavy (non-hydrogen) atoms. The normalized spacial score (nSPS) is 11.9. The molecule has 0 radical (unpaired) electrons. The minimum atomic E-state index is -0.395. The van der Waals surface area contributed by atoms with E-state index in [1.807, 2.05) is 19.1 Å². The number of allylic oxidation sites excluding steroid dienone is 5. The maximum Gasteiger partial charge on any atom is 0.328 e. The molecule has 0 aromatic carbocycles. The third-order valence-corrected chi connectivity index (χ3v) is 1.94. The van der Waals surface area contributed by atoms with Crippen LogP contribution in [-0.4, -0.2) is 9.55 Å².